The van der Waals surface area contributed by atoms with Crippen LogP contribution in [0.25, 0.3) is 0 Å². The molecule has 0 radical (unpaired) electrons. The van der Waals surface area contributed by atoms with Crippen molar-refractivity contribution in [1.29, 1.82) is 0 Å². The summed E-state index contributed by atoms with van der Waals surface area (Å²) in [4.78, 5) is 4.23. The van der Waals surface area contributed by atoms with Gasteiger partial charge >= 0.3 is 0 Å². The molecule has 1 aromatic heterocycles. The largest absolute Gasteiger partial charge is 0.327 e. The first-order chi connectivity index (χ1) is 6.85. The second kappa shape index (κ2) is 3.97. The third-order valence-corrected chi connectivity index (χ3v) is 3.40. The van der Waals surface area contributed by atoms with Crippen LogP contribution in [-0.4, -0.2) is 9.55 Å². The molecule has 0 saturated heterocycles. The molecule has 0 saturated carbocycles. The van der Waals surface area contributed by atoms with E-state index in [-0.39, 0.29) is 11.1 Å². The topological polar surface area (TPSA) is 43.8 Å². The van der Waals surface area contributed by atoms with Crippen LogP contribution in [0.5, 0.6) is 0 Å². The lowest BCUT2D eigenvalue weighted by atomic mass is 9.92. The van der Waals surface area contributed by atoms with Gasteiger partial charge in [-0.2, -0.15) is 0 Å². The molecule has 0 aliphatic carbocycles. The van der Waals surface area contributed by atoms with E-state index < -0.39 is 0 Å². The van der Waals surface area contributed by atoms with Crippen LogP contribution in [0, 0.1) is 0 Å². The fourth-order valence-electron chi connectivity index (χ4n) is 1.79. The van der Waals surface area contributed by atoms with Gasteiger partial charge in [0.25, 0.3) is 0 Å². The minimum absolute atomic E-state index is 0.127. The van der Waals surface area contributed by atoms with Gasteiger partial charge in [0.15, 0.2) is 0 Å². The highest BCUT2D eigenvalue weighted by Crippen LogP contribution is 2.29. The quantitative estimate of drug-likeness (QED) is 0.828. The lowest BCUT2D eigenvalue weighted by Gasteiger charge is -2.34. The Hall–Kier alpha value is -0.830. The van der Waals surface area contributed by atoms with E-state index in [2.05, 4.69) is 30.3 Å². The maximum absolute atomic E-state index is 6.15. The Labute approximate surface area is 92.7 Å². The first kappa shape index (κ1) is 12.2. The van der Waals surface area contributed by atoms with Gasteiger partial charge in [0.05, 0.1) is 23.8 Å². The first-order valence-corrected chi connectivity index (χ1v) is 5.67. The number of imidazole rings is 1. The SMILES string of the molecule is CCC(C)(CC)n1cncc1C(C)(C)N. The molecule has 1 rings (SSSR count). The Balaban J connectivity index is 3.21. The monoisotopic (exact) mass is 209 g/mol. The maximum atomic E-state index is 6.15. The van der Waals surface area contributed by atoms with Crippen molar-refractivity contribution in [2.24, 2.45) is 5.73 Å². The summed E-state index contributed by atoms with van der Waals surface area (Å²) in [6.45, 7) is 10.7. The molecule has 0 unspecified atom stereocenters. The zero-order valence-corrected chi connectivity index (χ0v) is 10.5. The second-order valence-electron chi connectivity index (χ2n) is 5.07. The Kier molecular flexibility index (Phi) is 3.24. The Bertz CT molecular complexity index is 316. The zero-order chi connectivity index (χ0) is 11.7. The van der Waals surface area contributed by atoms with E-state index in [1.165, 1.54) is 0 Å². The molecule has 86 valence electrons. The molecule has 1 heterocycles. The van der Waals surface area contributed by atoms with E-state index in [0.717, 1.165) is 18.5 Å². The van der Waals surface area contributed by atoms with Gasteiger partial charge in [-0.3, -0.25) is 0 Å². The predicted octanol–water partition coefficient (Wildman–Crippen LogP) is 2.61. The average Bonchev–Trinajstić information content (AvgIpc) is 2.65. The molecule has 2 N–H and O–H groups in total. The van der Waals surface area contributed by atoms with E-state index in [1.54, 1.807) is 0 Å². The van der Waals surface area contributed by atoms with Crippen molar-refractivity contribution in [3.05, 3.63) is 18.2 Å². The second-order valence-corrected chi connectivity index (χ2v) is 5.07. The van der Waals surface area contributed by atoms with Crippen molar-refractivity contribution in [2.75, 3.05) is 0 Å². The van der Waals surface area contributed by atoms with E-state index in [9.17, 15) is 0 Å². The fraction of sp³-hybridized carbons (Fsp3) is 0.750. The van der Waals surface area contributed by atoms with Crippen LogP contribution in [-0.2, 0) is 11.1 Å². The van der Waals surface area contributed by atoms with Crippen molar-refractivity contribution in [2.45, 2.75) is 58.5 Å². The number of hydrogen-bond donors (Lipinski definition) is 1. The van der Waals surface area contributed by atoms with Crippen molar-refractivity contribution < 1.29 is 0 Å². The standard InChI is InChI=1S/C12H23N3/c1-6-12(5,7-2)15-9-14-8-10(15)11(3,4)13/h8-9H,6-7,13H2,1-5H3. The number of hydrogen-bond acceptors (Lipinski definition) is 2. The highest BCUT2D eigenvalue weighted by atomic mass is 15.1. The van der Waals surface area contributed by atoms with Gasteiger partial charge in [-0.15, -0.1) is 0 Å². The number of nitrogens with two attached hydrogens (primary N) is 1. The molecule has 0 aliphatic rings. The van der Waals surface area contributed by atoms with Crippen LogP contribution in [0.4, 0.5) is 0 Å². The molecule has 3 heteroatoms. The van der Waals surface area contributed by atoms with E-state index in [4.69, 9.17) is 5.73 Å². The van der Waals surface area contributed by atoms with Crippen molar-refractivity contribution >= 4 is 0 Å². The summed E-state index contributed by atoms with van der Waals surface area (Å²) in [6.07, 6.45) is 5.95. The molecule has 0 spiro atoms. The third kappa shape index (κ3) is 2.23. The molecule has 1 aromatic rings. The van der Waals surface area contributed by atoms with Crippen LogP contribution >= 0.6 is 0 Å². The molecule has 0 amide bonds. The van der Waals surface area contributed by atoms with E-state index in [0.29, 0.717) is 0 Å². The minimum Gasteiger partial charge on any atom is -0.327 e. The summed E-state index contributed by atoms with van der Waals surface area (Å²) in [5, 5.41) is 0. The van der Waals surface area contributed by atoms with Crippen LogP contribution in [0.2, 0.25) is 0 Å². The molecule has 0 atom stereocenters. The van der Waals surface area contributed by atoms with Crippen LogP contribution in [0.3, 0.4) is 0 Å². The Morgan fingerprint density at radius 2 is 1.80 bits per heavy atom. The molecule has 15 heavy (non-hydrogen) atoms. The molecular weight excluding hydrogens is 186 g/mol. The van der Waals surface area contributed by atoms with Crippen molar-refractivity contribution in [1.82, 2.24) is 9.55 Å². The van der Waals surface area contributed by atoms with Gasteiger partial charge in [0.2, 0.25) is 0 Å². The first-order valence-electron chi connectivity index (χ1n) is 5.67. The molecule has 0 fully saturated rings. The van der Waals surface area contributed by atoms with Crippen molar-refractivity contribution in [3.8, 4) is 0 Å². The van der Waals surface area contributed by atoms with E-state index in [1.807, 2.05) is 26.4 Å². The molecule has 3 nitrogen and oxygen atoms in total. The van der Waals surface area contributed by atoms with Gasteiger partial charge < -0.3 is 10.3 Å². The summed E-state index contributed by atoms with van der Waals surface area (Å²) in [7, 11) is 0. The molecular formula is C12H23N3. The average molecular weight is 209 g/mol. The molecule has 0 aromatic carbocycles. The van der Waals surface area contributed by atoms with Crippen LogP contribution in [0.1, 0.15) is 53.2 Å². The predicted molar refractivity (Wildman–Crippen MR) is 63.7 cm³/mol. The van der Waals surface area contributed by atoms with Gasteiger partial charge in [0.1, 0.15) is 0 Å². The summed E-state index contributed by atoms with van der Waals surface area (Å²) >= 11 is 0. The lowest BCUT2D eigenvalue weighted by Crippen LogP contribution is -2.38. The minimum atomic E-state index is -0.331. The smallest absolute Gasteiger partial charge is 0.0953 e. The number of rotatable bonds is 4. The van der Waals surface area contributed by atoms with Gasteiger partial charge in [-0.25, -0.2) is 4.98 Å². The zero-order valence-electron chi connectivity index (χ0n) is 10.5. The Morgan fingerprint density at radius 3 is 2.20 bits per heavy atom. The normalized spacial score (nSPS) is 13.2. The highest BCUT2D eigenvalue weighted by Gasteiger charge is 2.28. The Morgan fingerprint density at radius 1 is 1.27 bits per heavy atom. The highest BCUT2D eigenvalue weighted by molar-refractivity contribution is 5.12. The van der Waals surface area contributed by atoms with Gasteiger partial charge in [0, 0.05) is 5.54 Å². The van der Waals surface area contributed by atoms with Crippen LogP contribution in [0.15, 0.2) is 12.5 Å². The summed E-state index contributed by atoms with van der Waals surface area (Å²) in [5.74, 6) is 0. The van der Waals surface area contributed by atoms with E-state index >= 15 is 0 Å². The maximum Gasteiger partial charge on any atom is 0.0953 e. The summed E-state index contributed by atoms with van der Waals surface area (Å²) in [5.41, 5.74) is 7.05. The molecule has 0 bridgehead atoms. The summed E-state index contributed by atoms with van der Waals surface area (Å²) < 4.78 is 2.23. The number of nitrogens with zero attached hydrogens (tertiary/aromatic N) is 2. The van der Waals surface area contributed by atoms with Gasteiger partial charge in [-0.1, -0.05) is 13.8 Å². The van der Waals surface area contributed by atoms with Crippen LogP contribution < -0.4 is 5.73 Å². The lowest BCUT2D eigenvalue weighted by molar-refractivity contribution is 0.272. The number of aromatic nitrogens is 2. The summed E-state index contributed by atoms with van der Waals surface area (Å²) in [6, 6.07) is 0. The molecule has 0 aliphatic heterocycles. The third-order valence-electron chi connectivity index (χ3n) is 3.40. The van der Waals surface area contributed by atoms with Gasteiger partial charge in [-0.05, 0) is 33.6 Å². The van der Waals surface area contributed by atoms with Crippen molar-refractivity contribution in [3.63, 3.8) is 0 Å². The fourth-order valence-corrected chi connectivity index (χ4v) is 1.79.